The number of hydrogen-bond donors (Lipinski definition) is 4. The number of rotatable bonds is 4. The Morgan fingerprint density at radius 3 is 2.45 bits per heavy atom. The lowest BCUT2D eigenvalue weighted by Gasteiger charge is -2.51. The summed E-state index contributed by atoms with van der Waals surface area (Å²) in [4.78, 5) is 28.6. The zero-order chi connectivity index (χ0) is 24.4. The molecule has 0 spiro atoms. The van der Waals surface area contributed by atoms with Crippen molar-refractivity contribution in [3.63, 3.8) is 0 Å². The molecular weight excluding hydrogens is 442 g/mol. The summed E-state index contributed by atoms with van der Waals surface area (Å²) in [6.45, 7) is 5.55. The van der Waals surface area contributed by atoms with Gasteiger partial charge in [0.25, 0.3) is 0 Å². The van der Waals surface area contributed by atoms with E-state index in [2.05, 4.69) is 13.8 Å². The molecular formula is C25H31NO6S. The van der Waals surface area contributed by atoms with Crippen molar-refractivity contribution in [2.75, 3.05) is 19.8 Å². The van der Waals surface area contributed by atoms with Crippen LogP contribution >= 0.6 is 11.8 Å². The highest BCUT2D eigenvalue weighted by Gasteiger charge is 2.63. The fourth-order valence-corrected chi connectivity index (χ4v) is 6.78. The van der Waals surface area contributed by atoms with Gasteiger partial charge in [-0.05, 0) is 50.2 Å². The first-order valence-corrected chi connectivity index (χ1v) is 12.2. The summed E-state index contributed by atoms with van der Waals surface area (Å²) < 4.78 is 0. The predicted octanol–water partition coefficient (Wildman–Crippen LogP) is 3.18. The number of aliphatic hydroxyl groups is 3. The molecule has 33 heavy (non-hydrogen) atoms. The van der Waals surface area contributed by atoms with Gasteiger partial charge in [0, 0.05) is 28.7 Å². The molecule has 0 radical (unpaired) electrons. The summed E-state index contributed by atoms with van der Waals surface area (Å²) in [7, 11) is 3.43. The van der Waals surface area contributed by atoms with Gasteiger partial charge in [0.05, 0.1) is 11.6 Å². The first-order chi connectivity index (χ1) is 15.4. The minimum atomic E-state index is -2.32. The van der Waals surface area contributed by atoms with Crippen LogP contribution in [0.1, 0.15) is 44.2 Å². The molecule has 8 heteroatoms. The van der Waals surface area contributed by atoms with Gasteiger partial charge in [-0.1, -0.05) is 26.0 Å². The molecule has 5 unspecified atom stereocenters. The van der Waals surface area contributed by atoms with Gasteiger partial charge in [-0.2, -0.15) is 11.8 Å². The van der Waals surface area contributed by atoms with Crippen LogP contribution in [0.2, 0.25) is 0 Å². The van der Waals surface area contributed by atoms with Gasteiger partial charge in [0.2, 0.25) is 5.78 Å². The third-order valence-electron chi connectivity index (χ3n) is 7.36. The summed E-state index contributed by atoms with van der Waals surface area (Å²) in [5.41, 5.74) is -1.41. The number of Topliss-reactive ketones (excluding diaryl/α,β-unsaturated/α-hetero) is 2. The van der Waals surface area contributed by atoms with E-state index in [1.54, 1.807) is 36.8 Å². The monoisotopic (exact) mass is 473 g/mol. The largest absolute Gasteiger partial charge is 0.508 e. The molecule has 1 aromatic rings. The summed E-state index contributed by atoms with van der Waals surface area (Å²) >= 11 is 1.71. The van der Waals surface area contributed by atoms with Gasteiger partial charge in [0.15, 0.2) is 11.4 Å². The zero-order valence-corrected chi connectivity index (χ0v) is 20.3. The standard InChI is InChI=1S/C25H31NO6S/c1-11(2)33-10-15-13-7-6-8-17(27)18(13)22(29)19-14(15)9-16-20(26(4)5)21(28)12(3)23(30)25(16,32)24(19)31/h6-8,11,14-16,20,27,29-30,32H,9-10H2,1-5H3. The maximum Gasteiger partial charge on any atom is 0.202 e. The Balaban J connectivity index is 1.96. The average molecular weight is 474 g/mol. The summed E-state index contributed by atoms with van der Waals surface area (Å²) in [6.07, 6.45) is 0.228. The number of aromatic hydroxyl groups is 1. The van der Waals surface area contributed by atoms with Crippen LogP contribution in [0.5, 0.6) is 5.75 Å². The number of phenolic OH excluding ortho intramolecular Hbond substituents is 1. The van der Waals surface area contributed by atoms with Crippen molar-refractivity contribution in [2.24, 2.45) is 11.8 Å². The quantitative estimate of drug-likeness (QED) is 0.527. The SMILES string of the molecule is CC1=C(O)C2(O)C(=O)C3=C(O)c4c(O)cccc4C(CSC(C)C)C3CC2C(N(C)C)C1=O. The Labute approximate surface area is 197 Å². The topological polar surface area (TPSA) is 118 Å². The van der Waals surface area contributed by atoms with E-state index < -0.39 is 35.0 Å². The van der Waals surface area contributed by atoms with E-state index >= 15 is 0 Å². The number of carbonyl (C=O) groups excluding carboxylic acids is 2. The number of thioether (sulfide) groups is 1. The fourth-order valence-electron chi connectivity index (χ4n) is 5.77. The van der Waals surface area contributed by atoms with Gasteiger partial charge in [-0.25, -0.2) is 0 Å². The lowest BCUT2D eigenvalue weighted by Crippen LogP contribution is -2.65. The molecule has 4 N–H and O–H groups in total. The van der Waals surface area contributed by atoms with E-state index in [9.17, 15) is 30.0 Å². The summed E-state index contributed by atoms with van der Waals surface area (Å²) in [5, 5.41) is 44.6. The van der Waals surface area contributed by atoms with Crippen LogP contribution in [-0.4, -0.2) is 73.6 Å². The van der Waals surface area contributed by atoms with Crippen LogP contribution in [0.3, 0.4) is 0 Å². The highest BCUT2D eigenvalue weighted by Crippen LogP contribution is 2.56. The van der Waals surface area contributed by atoms with Gasteiger partial charge < -0.3 is 20.4 Å². The van der Waals surface area contributed by atoms with Crippen LogP contribution in [0.4, 0.5) is 0 Å². The highest BCUT2D eigenvalue weighted by atomic mass is 32.2. The van der Waals surface area contributed by atoms with Crippen molar-refractivity contribution in [2.45, 2.75) is 50.0 Å². The Kier molecular flexibility index (Phi) is 5.91. The minimum Gasteiger partial charge on any atom is -0.508 e. The number of nitrogens with zero attached hydrogens (tertiary/aromatic N) is 1. The van der Waals surface area contributed by atoms with Crippen molar-refractivity contribution >= 4 is 29.1 Å². The number of carbonyl (C=O) groups is 2. The molecule has 0 heterocycles. The van der Waals surface area contributed by atoms with E-state index in [1.807, 2.05) is 6.07 Å². The minimum absolute atomic E-state index is 0.0170. The van der Waals surface area contributed by atoms with E-state index in [0.717, 1.165) is 5.56 Å². The van der Waals surface area contributed by atoms with Crippen LogP contribution < -0.4 is 0 Å². The molecule has 4 rings (SSSR count). The third kappa shape index (κ3) is 3.33. The number of likely N-dealkylation sites (N-methyl/N-ethyl adjacent to an activating group) is 1. The molecule has 1 saturated carbocycles. The van der Waals surface area contributed by atoms with Crippen molar-refractivity contribution in [3.8, 4) is 5.75 Å². The molecule has 0 aromatic heterocycles. The van der Waals surface area contributed by atoms with Gasteiger partial charge in [-0.3, -0.25) is 14.5 Å². The van der Waals surface area contributed by atoms with Gasteiger partial charge in [-0.15, -0.1) is 0 Å². The van der Waals surface area contributed by atoms with Gasteiger partial charge >= 0.3 is 0 Å². The second kappa shape index (κ2) is 8.18. The first kappa shape index (κ1) is 23.9. The molecule has 3 aliphatic rings. The molecule has 1 fully saturated rings. The number of fused-ring (bicyclic) bond motifs is 3. The molecule has 5 atom stereocenters. The van der Waals surface area contributed by atoms with E-state index in [-0.39, 0.29) is 46.3 Å². The Morgan fingerprint density at radius 1 is 1.18 bits per heavy atom. The number of phenols is 1. The smallest absolute Gasteiger partial charge is 0.202 e. The molecule has 3 aliphatic carbocycles. The highest BCUT2D eigenvalue weighted by molar-refractivity contribution is 7.99. The third-order valence-corrected chi connectivity index (χ3v) is 8.58. The van der Waals surface area contributed by atoms with Crippen LogP contribution in [-0.2, 0) is 9.59 Å². The maximum atomic E-state index is 13.9. The van der Waals surface area contributed by atoms with Gasteiger partial charge in [0.1, 0.15) is 17.3 Å². The van der Waals surface area contributed by atoms with Crippen LogP contribution in [0.15, 0.2) is 35.1 Å². The first-order valence-electron chi connectivity index (χ1n) is 11.2. The average Bonchev–Trinajstić information content (AvgIpc) is 2.74. The van der Waals surface area contributed by atoms with Crippen LogP contribution in [0.25, 0.3) is 5.76 Å². The summed E-state index contributed by atoms with van der Waals surface area (Å²) in [5.74, 6) is -3.19. The van der Waals surface area contributed by atoms with E-state index in [1.165, 1.54) is 13.0 Å². The molecule has 0 saturated heterocycles. The predicted molar refractivity (Wildman–Crippen MR) is 127 cm³/mol. The van der Waals surface area contributed by atoms with Crippen LogP contribution in [0, 0.1) is 11.8 Å². The maximum absolute atomic E-state index is 13.9. The molecule has 1 aromatic carbocycles. The second-order valence-electron chi connectivity index (χ2n) is 9.78. The van der Waals surface area contributed by atoms with E-state index in [4.69, 9.17) is 0 Å². The Hall–Kier alpha value is -2.29. The number of benzene rings is 1. The summed E-state index contributed by atoms with van der Waals surface area (Å²) in [6, 6.07) is 4.22. The molecule has 0 bridgehead atoms. The van der Waals surface area contributed by atoms with Crippen molar-refractivity contribution < 1.29 is 30.0 Å². The zero-order valence-electron chi connectivity index (χ0n) is 19.5. The van der Waals surface area contributed by atoms with Crippen molar-refractivity contribution in [3.05, 3.63) is 46.2 Å². The van der Waals surface area contributed by atoms with E-state index in [0.29, 0.717) is 11.0 Å². The second-order valence-corrected chi connectivity index (χ2v) is 11.4. The Bertz CT molecular complexity index is 1090. The number of hydrogen-bond acceptors (Lipinski definition) is 8. The molecule has 0 amide bonds. The normalized spacial score (nSPS) is 31.8. The van der Waals surface area contributed by atoms with Crippen molar-refractivity contribution in [1.29, 1.82) is 0 Å². The fraction of sp³-hybridized carbons (Fsp3) is 0.520. The number of ketones is 2. The molecule has 0 aliphatic heterocycles. The lowest BCUT2D eigenvalue weighted by atomic mass is 9.56. The molecule has 178 valence electrons. The molecule has 7 nitrogen and oxygen atoms in total. The lowest BCUT2D eigenvalue weighted by molar-refractivity contribution is -0.153. The van der Waals surface area contributed by atoms with Crippen molar-refractivity contribution in [1.82, 2.24) is 4.90 Å². The Morgan fingerprint density at radius 2 is 1.85 bits per heavy atom. The number of aliphatic hydroxyl groups excluding tert-OH is 2.